The van der Waals surface area contributed by atoms with Crippen molar-refractivity contribution >= 4 is 35.7 Å². The van der Waals surface area contributed by atoms with Crippen molar-refractivity contribution in [3.8, 4) is 11.5 Å². The summed E-state index contributed by atoms with van der Waals surface area (Å²) in [6, 6.07) is 21.4. The van der Waals surface area contributed by atoms with E-state index in [2.05, 4.69) is 56.8 Å². The number of carbonyl (C=O) groups excluding carboxylic acids is 2. The van der Waals surface area contributed by atoms with Crippen LogP contribution in [0.5, 0.6) is 11.5 Å². The van der Waals surface area contributed by atoms with Crippen LogP contribution < -0.4 is 9.47 Å². The number of amides is 2. The molecule has 2 saturated heterocycles. The molecule has 2 aromatic carbocycles. The summed E-state index contributed by atoms with van der Waals surface area (Å²) in [6.07, 6.45) is 12.6. The Kier molecular flexibility index (Phi) is 15.6. The fourth-order valence-electron chi connectivity index (χ4n) is 6.50. The lowest BCUT2D eigenvalue weighted by atomic mass is 10.2. The first-order chi connectivity index (χ1) is 29.4. The van der Waals surface area contributed by atoms with Crippen molar-refractivity contribution in [1.29, 1.82) is 0 Å². The van der Waals surface area contributed by atoms with Crippen molar-refractivity contribution in [2.45, 2.75) is 41.7 Å². The third kappa shape index (κ3) is 13.4. The van der Waals surface area contributed by atoms with Crippen LogP contribution in [0.4, 0.5) is 9.59 Å². The molecule has 312 valence electrons. The second-order valence-electron chi connectivity index (χ2n) is 14.2. The van der Waals surface area contributed by atoms with Crippen LogP contribution in [-0.2, 0) is 24.5 Å². The average molecular weight is 848 g/mol. The highest BCUT2D eigenvalue weighted by Gasteiger charge is 2.24. The normalized spacial score (nSPS) is 14.6. The summed E-state index contributed by atoms with van der Waals surface area (Å²) in [5.74, 6) is 2.74. The van der Waals surface area contributed by atoms with Crippen molar-refractivity contribution in [2.75, 3.05) is 58.9 Å². The van der Waals surface area contributed by atoms with Crippen LogP contribution in [0.25, 0.3) is 0 Å². The van der Waals surface area contributed by atoms with E-state index < -0.39 is 0 Å². The van der Waals surface area contributed by atoms with Gasteiger partial charge in [0.2, 0.25) is 0 Å². The number of benzene rings is 2. The van der Waals surface area contributed by atoms with Crippen LogP contribution in [0.1, 0.15) is 28.2 Å². The lowest BCUT2D eigenvalue weighted by molar-refractivity contribution is 0.107. The van der Waals surface area contributed by atoms with Gasteiger partial charge in [-0.2, -0.15) is 0 Å². The molecule has 0 saturated carbocycles. The Morgan fingerprint density at radius 2 is 1.18 bits per heavy atom. The summed E-state index contributed by atoms with van der Waals surface area (Å²) >= 11 is 3.26. The molecule has 0 spiro atoms. The van der Waals surface area contributed by atoms with Gasteiger partial charge in [0.25, 0.3) is 0 Å². The second-order valence-corrected chi connectivity index (χ2v) is 16.1. The zero-order valence-electron chi connectivity index (χ0n) is 33.6. The van der Waals surface area contributed by atoms with Gasteiger partial charge < -0.3 is 29.2 Å². The highest BCUT2D eigenvalue weighted by atomic mass is 32.2. The fourth-order valence-corrected chi connectivity index (χ4v) is 8.06. The zero-order valence-corrected chi connectivity index (χ0v) is 35.2. The molecule has 2 aliphatic heterocycles. The Labute approximate surface area is 358 Å². The molecule has 4 aromatic heterocycles. The molecule has 0 unspecified atom stereocenters. The molecule has 8 rings (SSSR count). The Bertz CT molecular complexity index is 2180. The molecule has 0 atom stereocenters. The van der Waals surface area contributed by atoms with Gasteiger partial charge in [0.15, 0.2) is 10.3 Å². The first-order valence-electron chi connectivity index (χ1n) is 19.9. The maximum atomic E-state index is 12.5. The van der Waals surface area contributed by atoms with Crippen molar-refractivity contribution in [1.82, 2.24) is 54.5 Å². The Morgan fingerprint density at radius 3 is 1.67 bits per heavy atom. The Balaban J connectivity index is 0.000000182. The van der Waals surface area contributed by atoms with Crippen molar-refractivity contribution in [3.63, 3.8) is 0 Å². The van der Waals surface area contributed by atoms with Crippen LogP contribution in [0.15, 0.2) is 120 Å². The first kappa shape index (κ1) is 42.4. The van der Waals surface area contributed by atoms with Gasteiger partial charge >= 0.3 is 12.2 Å². The monoisotopic (exact) mass is 847 g/mol. The molecule has 2 N–H and O–H groups in total. The number of aromatic amines is 2. The molecule has 2 fully saturated rings. The number of ether oxygens (including phenoxy) is 2. The van der Waals surface area contributed by atoms with E-state index >= 15 is 0 Å². The number of aromatic nitrogens is 7. The molecular formula is C43H49N11O4S2. The van der Waals surface area contributed by atoms with Crippen LogP contribution in [-0.4, -0.2) is 126 Å². The molecule has 6 aromatic rings. The Morgan fingerprint density at radius 1 is 0.633 bits per heavy atom. The standard InChI is InChI=1S/C23H27N5O2S.C20H22N6O2S/c1-18-3-2-4-20(26-18)9-12-27-13-15-28(16-14-27)23(29)30-21-7-5-19(6-8-21)17-31-22-24-10-11-25-22;27-20(26-11-9-25(10-12-26)14-17-13-21-5-6-22-17)28-18-3-1-16(2-4-18)15-29-19-23-7-8-24-19/h2-8,10-11H,9,12-17H2,1H3,(H,24,25);1-8,13H,9-12,14-15H2,(H,23,24). The van der Waals surface area contributed by atoms with Gasteiger partial charge in [-0.15, -0.1) is 0 Å². The summed E-state index contributed by atoms with van der Waals surface area (Å²) in [7, 11) is 0. The van der Waals surface area contributed by atoms with Crippen LogP contribution >= 0.6 is 23.5 Å². The van der Waals surface area contributed by atoms with Crippen LogP contribution in [0.3, 0.4) is 0 Å². The van der Waals surface area contributed by atoms with Crippen molar-refractivity contribution in [2.24, 2.45) is 0 Å². The number of thioether (sulfide) groups is 2. The van der Waals surface area contributed by atoms with Crippen LogP contribution in [0.2, 0.25) is 0 Å². The fraction of sp³-hybridized carbons (Fsp3) is 0.326. The van der Waals surface area contributed by atoms with E-state index in [-0.39, 0.29) is 12.2 Å². The number of pyridine rings is 1. The van der Waals surface area contributed by atoms with Gasteiger partial charge in [-0.3, -0.25) is 24.8 Å². The maximum absolute atomic E-state index is 12.5. The van der Waals surface area contributed by atoms with E-state index in [0.29, 0.717) is 37.7 Å². The quantitative estimate of drug-likeness (QED) is 0.120. The molecule has 15 nitrogen and oxygen atoms in total. The minimum Gasteiger partial charge on any atom is -0.410 e. The summed E-state index contributed by atoms with van der Waals surface area (Å²) in [4.78, 5) is 60.6. The SMILES string of the molecule is Cc1cccc(CCN2CCN(C(=O)Oc3ccc(CSc4ncc[nH]4)cc3)CC2)n1.O=C(Oc1ccc(CSc2ncc[nH]2)cc1)N1CCN(Cc2cnccn2)CC1. The predicted molar refractivity (Wildman–Crippen MR) is 231 cm³/mol. The molecular weight excluding hydrogens is 799 g/mol. The Hall–Kier alpha value is -5.75. The van der Waals surface area contributed by atoms with E-state index in [1.165, 1.54) is 0 Å². The molecule has 2 aliphatic rings. The second kappa shape index (κ2) is 22.0. The van der Waals surface area contributed by atoms with Gasteiger partial charge in [-0.1, -0.05) is 53.9 Å². The molecule has 60 heavy (non-hydrogen) atoms. The van der Waals surface area contributed by atoms with Crippen molar-refractivity contribution in [3.05, 3.63) is 138 Å². The number of nitrogens with one attached hydrogen (secondary N) is 2. The van der Waals surface area contributed by atoms with E-state index in [1.807, 2.05) is 67.7 Å². The molecule has 0 bridgehead atoms. The van der Waals surface area contributed by atoms with Gasteiger partial charge in [0.1, 0.15) is 11.5 Å². The van der Waals surface area contributed by atoms with Gasteiger partial charge in [-0.25, -0.2) is 19.6 Å². The summed E-state index contributed by atoms with van der Waals surface area (Å²) < 4.78 is 11.1. The number of H-pyrrole nitrogens is 2. The van der Waals surface area contributed by atoms with Gasteiger partial charge in [-0.05, 0) is 54.4 Å². The lowest BCUT2D eigenvalue weighted by Gasteiger charge is -2.33. The van der Waals surface area contributed by atoms with Gasteiger partial charge in [0, 0.05) is 138 Å². The van der Waals surface area contributed by atoms with E-state index in [0.717, 1.165) is 95.7 Å². The average Bonchev–Trinajstić information content (AvgIpc) is 4.02. The number of hydrogen-bond acceptors (Lipinski definition) is 13. The number of rotatable bonds is 13. The van der Waals surface area contributed by atoms with Crippen molar-refractivity contribution < 1.29 is 19.1 Å². The number of piperazine rings is 2. The summed E-state index contributed by atoms with van der Waals surface area (Å²) in [5, 5.41) is 1.78. The smallest absolute Gasteiger partial charge is 0.410 e. The molecule has 0 radical (unpaired) electrons. The lowest BCUT2D eigenvalue weighted by Crippen LogP contribution is -2.49. The highest BCUT2D eigenvalue weighted by molar-refractivity contribution is 7.98. The number of carbonyl (C=O) groups is 2. The summed E-state index contributed by atoms with van der Waals surface area (Å²) in [5.41, 5.74) is 5.40. The number of nitrogens with zero attached hydrogens (tertiary/aromatic N) is 9. The molecule has 6 heterocycles. The zero-order chi connectivity index (χ0) is 41.4. The molecule has 2 amide bonds. The van der Waals surface area contributed by atoms with E-state index in [1.54, 1.807) is 70.5 Å². The third-order valence-electron chi connectivity index (χ3n) is 9.85. The van der Waals surface area contributed by atoms with Gasteiger partial charge in [0.05, 0.1) is 5.69 Å². The predicted octanol–water partition coefficient (Wildman–Crippen LogP) is 6.57. The number of aryl methyl sites for hydroxylation is 1. The third-order valence-corrected chi connectivity index (χ3v) is 11.8. The topological polar surface area (TPSA) is 162 Å². The highest BCUT2D eigenvalue weighted by Crippen LogP contribution is 2.23. The number of hydrogen-bond donors (Lipinski definition) is 2. The first-order valence-corrected chi connectivity index (χ1v) is 21.9. The van der Waals surface area contributed by atoms with Crippen LogP contribution in [0, 0.1) is 6.92 Å². The number of imidazole rings is 2. The largest absolute Gasteiger partial charge is 0.415 e. The van der Waals surface area contributed by atoms with E-state index in [4.69, 9.17) is 9.47 Å². The summed E-state index contributed by atoms with van der Waals surface area (Å²) in [6.45, 7) is 9.62. The molecule has 17 heteroatoms. The molecule has 0 aliphatic carbocycles. The maximum Gasteiger partial charge on any atom is 0.415 e. The minimum absolute atomic E-state index is 0.280. The minimum atomic E-state index is -0.304. The van der Waals surface area contributed by atoms with E-state index in [9.17, 15) is 9.59 Å².